The molecule has 0 fully saturated rings. The van der Waals surface area contributed by atoms with Gasteiger partial charge < -0.3 is 4.42 Å². The predicted octanol–water partition coefficient (Wildman–Crippen LogP) is 5.47. The summed E-state index contributed by atoms with van der Waals surface area (Å²) in [7, 11) is 0. The van der Waals surface area contributed by atoms with Crippen molar-refractivity contribution in [2.45, 2.75) is 13.0 Å². The van der Waals surface area contributed by atoms with Crippen molar-refractivity contribution in [3.05, 3.63) is 70.8 Å². The Morgan fingerprint density at radius 1 is 1.05 bits per heavy atom. The second-order valence-corrected chi connectivity index (χ2v) is 4.61. The number of furan rings is 1. The van der Waals surface area contributed by atoms with E-state index >= 15 is 0 Å². The van der Waals surface area contributed by atoms with Crippen LogP contribution in [0.4, 0.5) is 0 Å². The third-order valence-corrected chi connectivity index (χ3v) is 3.41. The Morgan fingerprint density at radius 3 is 2.65 bits per heavy atom. The molecule has 0 radical (unpaired) electrons. The highest BCUT2D eigenvalue weighted by Crippen LogP contribution is 2.35. The summed E-state index contributed by atoms with van der Waals surface area (Å²) < 4.78 is 5.59. The Kier molecular flexibility index (Phi) is 3.15. The summed E-state index contributed by atoms with van der Waals surface area (Å²) in [5.74, 6) is 0. The molecule has 0 saturated heterocycles. The zero-order valence-corrected chi connectivity index (χ0v) is 11.0. The van der Waals surface area contributed by atoms with Crippen LogP contribution in [0.1, 0.15) is 18.5 Å². The lowest BCUT2D eigenvalue weighted by molar-refractivity contribution is 0.617. The van der Waals surface area contributed by atoms with Crippen LogP contribution in [-0.4, -0.2) is 0 Å². The molecule has 0 amide bonds. The van der Waals surface area contributed by atoms with Gasteiger partial charge in [0.2, 0.25) is 0 Å². The highest BCUT2D eigenvalue weighted by atomic mass is 16.3. The van der Waals surface area contributed by atoms with E-state index in [1.807, 2.05) is 55.5 Å². The molecule has 1 unspecified atom stereocenters. The first-order valence-corrected chi connectivity index (χ1v) is 6.41. The number of para-hydroxylation sites is 1. The van der Waals surface area contributed by atoms with E-state index in [1.54, 1.807) is 6.26 Å². The molecular formula is C16H13N3O. The van der Waals surface area contributed by atoms with Gasteiger partial charge in [-0.25, -0.2) is 0 Å². The summed E-state index contributed by atoms with van der Waals surface area (Å²) in [6.07, 6.45) is 1.76. The minimum atomic E-state index is -0.218. The molecule has 1 heterocycles. The van der Waals surface area contributed by atoms with Crippen molar-refractivity contribution >= 4 is 11.0 Å². The van der Waals surface area contributed by atoms with Crippen LogP contribution in [0.5, 0.6) is 0 Å². The smallest absolute Gasteiger partial charge is 0.134 e. The molecule has 0 N–H and O–H groups in total. The van der Waals surface area contributed by atoms with Crippen molar-refractivity contribution in [2.75, 3.05) is 0 Å². The number of fused-ring (bicyclic) bond motifs is 1. The molecule has 0 aliphatic heterocycles. The number of azide groups is 1. The fourth-order valence-electron chi connectivity index (χ4n) is 2.43. The first kappa shape index (κ1) is 12.3. The van der Waals surface area contributed by atoms with Gasteiger partial charge in [-0.05, 0) is 22.7 Å². The van der Waals surface area contributed by atoms with Gasteiger partial charge in [0.15, 0.2) is 0 Å². The lowest BCUT2D eigenvalue weighted by Crippen LogP contribution is -1.92. The minimum absolute atomic E-state index is 0.218. The maximum atomic E-state index is 8.63. The van der Waals surface area contributed by atoms with E-state index in [0.29, 0.717) is 0 Å². The third kappa shape index (κ3) is 2.02. The van der Waals surface area contributed by atoms with Gasteiger partial charge in [0.1, 0.15) is 5.58 Å². The van der Waals surface area contributed by atoms with Crippen LogP contribution in [-0.2, 0) is 0 Å². The Bertz CT molecular complexity index is 800. The van der Waals surface area contributed by atoms with Crippen molar-refractivity contribution in [1.29, 1.82) is 0 Å². The highest BCUT2D eigenvalue weighted by Gasteiger charge is 2.14. The molecule has 4 heteroatoms. The van der Waals surface area contributed by atoms with E-state index in [-0.39, 0.29) is 6.04 Å². The lowest BCUT2D eigenvalue weighted by atomic mass is 9.95. The van der Waals surface area contributed by atoms with Gasteiger partial charge in [-0.3, -0.25) is 0 Å². The van der Waals surface area contributed by atoms with Crippen LogP contribution in [0.15, 0.2) is 64.3 Å². The molecule has 3 rings (SSSR count). The number of nitrogens with zero attached hydrogens (tertiary/aromatic N) is 3. The van der Waals surface area contributed by atoms with Crippen molar-refractivity contribution in [3.8, 4) is 11.1 Å². The highest BCUT2D eigenvalue weighted by molar-refractivity contribution is 5.94. The van der Waals surface area contributed by atoms with Gasteiger partial charge in [-0.2, -0.15) is 0 Å². The van der Waals surface area contributed by atoms with E-state index in [9.17, 15) is 0 Å². The summed E-state index contributed by atoms with van der Waals surface area (Å²) >= 11 is 0. The second-order valence-electron chi connectivity index (χ2n) is 4.61. The SMILES string of the molecule is CC(N=[N+]=[N-])c1ccccc1-c1coc2ccccc12. The molecule has 1 aromatic heterocycles. The van der Waals surface area contributed by atoms with E-state index in [4.69, 9.17) is 9.95 Å². The van der Waals surface area contributed by atoms with Gasteiger partial charge in [0.05, 0.1) is 12.3 Å². The fraction of sp³-hybridized carbons (Fsp3) is 0.125. The average molecular weight is 263 g/mol. The topological polar surface area (TPSA) is 61.9 Å². The maximum absolute atomic E-state index is 8.63. The molecule has 98 valence electrons. The van der Waals surface area contributed by atoms with Gasteiger partial charge in [-0.15, -0.1) is 0 Å². The summed E-state index contributed by atoms with van der Waals surface area (Å²) in [5.41, 5.74) is 12.5. The molecule has 2 aromatic carbocycles. The quantitative estimate of drug-likeness (QED) is 0.351. The molecule has 0 saturated carbocycles. The number of benzene rings is 2. The van der Waals surface area contributed by atoms with Crippen molar-refractivity contribution < 1.29 is 4.42 Å². The van der Waals surface area contributed by atoms with E-state index < -0.39 is 0 Å². The Morgan fingerprint density at radius 2 is 1.80 bits per heavy atom. The summed E-state index contributed by atoms with van der Waals surface area (Å²) in [6.45, 7) is 1.89. The Balaban J connectivity index is 2.22. The van der Waals surface area contributed by atoms with Gasteiger partial charge in [-0.1, -0.05) is 54.5 Å². The molecule has 0 aliphatic rings. The molecule has 20 heavy (non-hydrogen) atoms. The summed E-state index contributed by atoms with van der Waals surface area (Å²) in [4.78, 5) is 2.90. The average Bonchev–Trinajstić information content (AvgIpc) is 2.91. The molecule has 0 bridgehead atoms. The van der Waals surface area contributed by atoms with Crippen molar-refractivity contribution in [3.63, 3.8) is 0 Å². The van der Waals surface area contributed by atoms with Gasteiger partial charge in [0, 0.05) is 15.9 Å². The molecule has 1 atom stereocenters. The normalized spacial score (nSPS) is 12.1. The van der Waals surface area contributed by atoms with Crippen LogP contribution in [0, 0.1) is 0 Å². The maximum Gasteiger partial charge on any atom is 0.134 e. The van der Waals surface area contributed by atoms with Crippen LogP contribution in [0.25, 0.3) is 32.5 Å². The molecule has 4 nitrogen and oxygen atoms in total. The minimum Gasteiger partial charge on any atom is -0.464 e. The van der Waals surface area contributed by atoms with E-state index in [0.717, 1.165) is 27.7 Å². The predicted molar refractivity (Wildman–Crippen MR) is 79.2 cm³/mol. The zero-order chi connectivity index (χ0) is 13.9. The second kappa shape index (κ2) is 5.11. The number of hydrogen-bond acceptors (Lipinski definition) is 2. The number of rotatable bonds is 3. The first-order chi connectivity index (χ1) is 9.81. The largest absolute Gasteiger partial charge is 0.464 e. The lowest BCUT2D eigenvalue weighted by Gasteiger charge is -2.11. The zero-order valence-electron chi connectivity index (χ0n) is 11.0. The molecular weight excluding hydrogens is 250 g/mol. The standard InChI is InChI=1S/C16H13N3O/c1-11(18-19-17)12-6-2-3-7-13(12)15-10-20-16-9-5-4-8-14(15)16/h2-11H,1H3. The fourth-order valence-corrected chi connectivity index (χ4v) is 2.43. The van der Waals surface area contributed by atoms with Crippen LogP contribution < -0.4 is 0 Å². The van der Waals surface area contributed by atoms with Crippen molar-refractivity contribution in [2.24, 2.45) is 5.11 Å². The van der Waals surface area contributed by atoms with E-state index in [2.05, 4.69) is 10.0 Å². The third-order valence-electron chi connectivity index (χ3n) is 3.41. The van der Waals surface area contributed by atoms with Crippen LogP contribution >= 0.6 is 0 Å². The van der Waals surface area contributed by atoms with Crippen molar-refractivity contribution in [1.82, 2.24) is 0 Å². The molecule has 3 aromatic rings. The van der Waals surface area contributed by atoms with Gasteiger partial charge >= 0.3 is 0 Å². The number of hydrogen-bond donors (Lipinski definition) is 0. The summed E-state index contributed by atoms with van der Waals surface area (Å²) in [6, 6.07) is 15.6. The van der Waals surface area contributed by atoms with Crippen LogP contribution in [0.3, 0.4) is 0 Å². The summed E-state index contributed by atoms with van der Waals surface area (Å²) in [5, 5.41) is 4.86. The molecule has 0 aliphatic carbocycles. The monoisotopic (exact) mass is 263 g/mol. The van der Waals surface area contributed by atoms with Gasteiger partial charge in [0.25, 0.3) is 0 Å². The first-order valence-electron chi connectivity index (χ1n) is 6.41. The molecule has 0 spiro atoms. The Hall–Kier alpha value is -2.71. The Labute approximate surface area is 116 Å². The van der Waals surface area contributed by atoms with Crippen LogP contribution in [0.2, 0.25) is 0 Å². The van der Waals surface area contributed by atoms with E-state index in [1.165, 1.54) is 0 Å².